The van der Waals surface area contributed by atoms with Gasteiger partial charge in [0.25, 0.3) is 0 Å². The number of methoxy groups -OCH3 is 2. The molecule has 7 heteroatoms. The highest BCUT2D eigenvalue weighted by Gasteiger charge is 2.49. The summed E-state index contributed by atoms with van der Waals surface area (Å²) in [6.45, 7) is 0.996. The van der Waals surface area contributed by atoms with Crippen molar-refractivity contribution >= 4 is 11.8 Å². The normalized spacial score (nSPS) is 17.8. The van der Waals surface area contributed by atoms with E-state index in [-0.39, 0.29) is 12.2 Å². The lowest BCUT2D eigenvalue weighted by molar-refractivity contribution is -0.140. The standard InChI is InChI=1S/C25H27NO6/c1-30-19-13-16(14-20(31-2)23(19)17-6-4-3-5-7-17)12-18(24(28)29)26-21-15-22(27)25(21)8-10-32-11-9-25/h3-7,13-15,18,26H,8-12H2,1-2H3,(H,28,29)/t18-/m0/s1. The van der Waals surface area contributed by atoms with Crippen LogP contribution in [-0.2, 0) is 20.7 Å². The fraction of sp³-hybridized carbons (Fsp3) is 0.360. The van der Waals surface area contributed by atoms with Crippen molar-refractivity contribution in [2.75, 3.05) is 27.4 Å². The summed E-state index contributed by atoms with van der Waals surface area (Å²) < 4.78 is 16.6. The lowest BCUT2D eigenvalue weighted by Crippen LogP contribution is -2.53. The van der Waals surface area contributed by atoms with Gasteiger partial charge in [-0.25, -0.2) is 4.79 Å². The van der Waals surface area contributed by atoms with E-state index in [0.717, 1.165) is 16.7 Å². The molecule has 0 unspecified atom stereocenters. The Hall–Kier alpha value is -3.32. The Balaban J connectivity index is 1.61. The minimum absolute atomic E-state index is 0.0444. The van der Waals surface area contributed by atoms with Crippen LogP contribution in [0, 0.1) is 5.41 Å². The fourth-order valence-electron chi connectivity index (χ4n) is 4.47. The Morgan fingerprint density at radius 2 is 1.75 bits per heavy atom. The van der Waals surface area contributed by atoms with Gasteiger partial charge < -0.3 is 24.6 Å². The van der Waals surface area contributed by atoms with E-state index in [1.807, 2.05) is 42.5 Å². The number of aliphatic carboxylic acids is 1. The second kappa shape index (κ2) is 9.04. The maximum absolute atomic E-state index is 12.3. The van der Waals surface area contributed by atoms with Crippen molar-refractivity contribution in [1.82, 2.24) is 5.32 Å². The number of carbonyl (C=O) groups is 2. The first-order valence-corrected chi connectivity index (χ1v) is 10.6. The molecule has 0 bridgehead atoms. The molecule has 2 aromatic carbocycles. The summed E-state index contributed by atoms with van der Waals surface area (Å²) in [5.41, 5.74) is 2.58. The molecule has 4 rings (SSSR count). The van der Waals surface area contributed by atoms with E-state index in [4.69, 9.17) is 14.2 Å². The second-order valence-corrected chi connectivity index (χ2v) is 8.10. The zero-order valence-corrected chi connectivity index (χ0v) is 18.2. The molecule has 1 atom stereocenters. The molecule has 0 radical (unpaired) electrons. The molecule has 2 aromatic rings. The first-order chi connectivity index (χ1) is 15.5. The van der Waals surface area contributed by atoms with Crippen molar-refractivity contribution < 1.29 is 28.9 Å². The molecular weight excluding hydrogens is 410 g/mol. The van der Waals surface area contributed by atoms with Crippen LogP contribution in [0.3, 0.4) is 0 Å². The average Bonchev–Trinajstić information content (AvgIpc) is 2.83. The summed E-state index contributed by atoms with van der Waals surface area (Å²) in [6, 6.07) is 12.5. The molecule has 2 aliphatic rings. The highest BCUT2D eigenvalue weighted by atomic mass is 16.5. The van der Waals surface area contributed by atoms with Crippen LogP contribution in [0.15, 0.2) is 54.2 Å². The second-order valence-electron chi connectivity index (χ2n) is 8.10. The molecule has 0 saturated carbocycles. The summed E-state index contributed by atoms with van der Waals surface area (Å²) in [4.78, 5) is 24.4. The summed E-state index contributed by atoms with van der Waals surface area (Å²) in [6.07, 6.45) is 2.87. The van der Waals surface area contributed by atoms with Gasteiger partial charge in [-0.2, -0.15) is 0 Å². The molecular formula is C25H27NO6. The fourth-order valence-corrected chi connectivity index (χ4v) is 4.47. The van der Waals surface area contributed by atoms with Crippen LogP contribution in [0.4, 0.5) is 0 Å². The van der Waals surface area contributed by atoms with E-state index in [9.17, 15) is 14.7 Å². The van der Waals surface area contributed by atoms with Crippen molar-refractivity contribution in [1.29, 1.82) is 0 Å². The summed E-state index contributed by atoms with van der Waals surface area (Å²) in [5.74, 6) is 0.266. The predicted octanol–water partition coefficient (Wildman–Crippen LogP) is 3.22. The smallest absolute Gasteiger partial charge is 0.326 e. The van der Waals surface area contributed by atoms with Gasteiger partial charge in [-0.1, -0.05) is 30.3 Å². The number of benzene rings is 2. The van der Waals surface area contributed by atoms with Gasteiger partial charge in [0.05, 0.1) is 25.2 Å². The molecule has 2 N–H and O–H groups in total. The molecule has 1 fully saturated rings. The molecule has 0 amide bonds. The number of hydrogen-bond donors (Lipinski definition) is 2. The molecule has 1 spiro atoms. The Bertz CT molecular complexity index is 1010. The number of allylic oxidation sites excluding steroid dienone is 2. The van der Waals surface area contributed by atoms with Crippen LogP contribution in [0.25, 0.3) is 11.1 Å². The molecule has 1 heterocycles. The van der Waals surface area contributed by atoms with Crippen molar-refractivity contribution in [2.45, 2.75) is 25.3 Å². The highest BCUT2D eigenvalue weighted by molar-refractivity contribution is 6.05. The molecule has 1 saturated heterocycles. The van der Waals surface area contributed by atoms with E-state index >= 15 is 0 Å². The number of ketones is 1. The van der Waals surface area contributed by atoms with Crippen LogP contribution in [0.2, 0.25) is 0 Å². The Kier molecular flexibility index (Phi) is 6.19. The van der Waals surface area contributed by atoms with E-state index in [2.05, 4.69) is 5.32 Å². The molecule has 1 aliphatic heterocycles. The van der Waals surface area contributed by atoms with Gasteiger partial charge in [0.15, 0.2) is 5.78 Å². The summed E-state index contributed by atoms with van der Waals surface area (Å²) in [5, 5.41) is 13.0. The molecule has 0 aromatic heterocycles. The van der Waals surface area contributed by atoms with Crippen LogP contribution in [-0.4, -0.2) is 50.3 Å². The zero-order chi connectivity index (χ0) is 22.7. The van der Waals surface area contributed by atoms with Crippen LogP contribution in [0.1, 0.15) is 18.4 Å². The molecule has 32 heavy (non-hydrogen) atoms. The largest absolute Gasteiger partial charge is 0.496 e. The minimum Gasteiger partial charge on any atom is -0.496 e. The average molecular weight is 437 g/mol. The number of nitrogens with one attached hydrogen (secondary N) is 1. The number of rotatable bonds is 8. The van der Waals surface area contributed by atoms with Gasteiger partial charge >= 0.3 is 5.97 Å². The topological polar surface area (TPSA) is 94.1 Å². The minimum atomic E-state index is -0.988. The van der Waals surface area contributed by atoms with Crippen LogP contribution >= 0.6 is 0 Å². The third-order valence-electron chi connectivity index (χ3n) is 6.30. The first-order valence-electron chi connectivity index (χ1n) is 10.6. The van der Waals surface area contributed by atoms with Gasteiger partial charge in [0, 0.05) is 31.4 Å². The summed E-state index contributed by atoms with van der Waals surface area (Å²) >= 11 is 0. The lowest BCUT2D eigenvalue weighted by Gasteiger charge is -2.44. The van der Waals surface area contributed by atoms with E-state index < -0.39 is 17.4 Å². The van der Waals surface area contributed by atoms with Crippen molar-refractivity contribution in [3.63, 3.8) is 0 Å². The van der Waals surface area contributed by atoms with Crippen molar-refractivity contribution in [3.05, 3.63) is 59.8 Å². The maximum Gasteiger partial charge on any atom is 0.326 e. The first kappa shape index (κ1) is 21.9. The predicted molar refractivity (Wildman–Crippen MR) is 119 cm³/mol. The Morgan fingerprint density at radius 3 is 2.28 bits per heavy atom. The Labute approximate surface area is 187 Å². The van der Waals surface area contributed by atoms with Crippen LogP contribution in [0.5, 0.6) is 11.5 Å². The van der Waals surface area contributed by atoms with E-state index in [1.54, 1.807) is 14.2 Å². The monoisotopic (exact) mass is 437 g/mol. The zero-order valence-electron chi connectivity index (χ0n) is 18.2. The quantitative estimate of drug-likeness (QED) is 0.655. The number of carboxylic acid groups (broad SMARTS) is 1. The van der Waals surface area contributed by atoms with E-state index in [1.165, 1.54) is 6.08 Å². The number of ether oxygens (including phenoxy) is 3. The van der Waals surface area contributed by atoms with E-state index in [0.29, 0.717) is 43.3 Å². The number of hydrogen-bond acceptors (Lipinski definition) is 6. The molecule has 168 valence electrons. The van der Waals surface area contributed by atoms with Gasteiger partial charge in [-0.05, 0) is 36.1 Å². The molecule has 1 aliphatic carbocycles. The Morgan fingerprint density at radius 1 is 1.12 bits per heavy atom. The number of carboxylic acids is 1. The summed E-state index contributed by atoms with van der Waals surface area (Å²) in [7, 11) is 3.16. The highest BCUT2D eigenvalue weighted by Crippen LogP contribution is 2.45. The van der Waals surface area contributed by atoms with Gasteiger partial charge in [0.2, 0.25) is 0 Å². The van der Waals surface area contributed by atoms with Gasteiger partial charge in [0.1, 0.15) is 17.5 Å². The number of carbonyl (C=O) groups excluding carboxylic acids is 1. The van der Waals surface area contributed by atoms with Crippen molar-refractivity contribution in [3.8, 4) is 22.6 Å². The third-order valence-corrected chi connectivity index (χ3v) is 6.30. The van der Waals surface area contributed by atoms with Crippen LogP contribution < -0.4 is 14.8 Å². The van der Waals surface area contributed by atoms with Crippen molar-refractivity contribution in [2.24, 2.45) is 5.41 Å². The maximum atomic E-state index is 12.3. The third kappa shape index (κ3) is 3.96. The molecule has 7 nitrogen and oxygen atoms in total. The SMILES string of the molecule is COc1cc(C[C@H](NC2=CC(=O)C23CCOCC3)C(=O)O)cc(OC)c1-c1ccccc1. The van der Waals surface area contributed by atoms with Gasteiger partial charge in [-0.15, -0.1) is 0 Å². The lowest BCUT2D eigenvalue weighted by atomic mass is 9.66. The van der Waals surface area contributed by atoms with Gasteiger partial charge in [-0.3, -0.25) is 4.79 Å².